The lowest BCUT2D eigenvalue weighted by atomic mass is 9.20. The molecule has 0 aromatic heterocycles. The van der Waals surface area contributed by atoms with Crippen molar-refractivity contribution in [2.45, 2.75) is 41.5 Å². The highest BCUT2D eigenvalue weighted by molar-refractivity contribution is 7.11. The Morgan fingerprint density at radius 3 is 1.40 bits per heavy atom. The molecule has 0 unspecified atom stereocenters. The third kappa shape index (κ3) is 4.25. The first-order valence-electron chi connectivity index (χ1n) is 16.9. The largest absolute Gasteiger partial charge is 0.240 e. The summed E-state index contributed by atoms with van der Waals surface area (Å²) < 4.78 is 0. The van der Waals surface area contributed by atoms with Crippen molar-refractivity contribution in [1.82, 2.24) is 0 Å². The second-order valence-electron chi connectivity index (χ2n) is 14.3. The van der Waals surface area contributed by atoms with Crippen LogP contribution < -0.4 is 32.8 Å². The molecule has 9 rings (SSSR count). The lowest BCUT2D eigenvalue weighted by Gasteiger charge is -2.35. The zero-order chi connectivity index (χ0) is 33.2. The maximum Gasteiger partial charge on any atom is 0.240 e. The molecule has 1 aliphatic rings. The number of halogens is 2. The first kappa shape index (κ1) is 29.9. The summed E-state index contributed by atoms with van der Waals surface area (Å²) in [7, 11) is 0. The lowest BCUT2D eigenvalue weighted by molar-refractivity contribution is 1.35. The monoisotopic (exact) mass is 654 g/mol. The summed E-state index contributed by atoms with van der Waals surface area (Å²) in [6.07, 6.45) is 0. The number of fused-ring (bicyclic) bond motifs is 4. The van der Waals surface area contributed by atoms with Gasteiger partial charge in [0.15, 0.2) is 0 Å². The Hall–Kier alpha value is -4.23. The Bertz CT molecular complexity index is 2610. The van der Waals surface area contributed by atoms with Crippen LogP contribution in [0, 0.1) is 41.5 Å². The Morgan fingerprint density at radius 1 is 0.396 bits per heavy atom. The maximum atomic E-state index is 6.94. The van der Waals surface area contributed by atoms with E-state index in [-0.39, 0.29) is 13.4 Å². The average molecular weight is 655 g/mol. The molecule has 1 aliphatic heterocycles. The van der Waals surface area contributed by atoms with Crippen molar-refractivity contribution in [1.29, 1.82) is 0 Å². The normalized spacial score (nSPS) is 12.9. The van der Waals surface area contributed by atoms with Crippen molar-refractivity contribution < 1.29 is 0 Å². The molecular weight excluding hydrogens is 621 g/mol. The van der Waals surface area contributed by atoms with Gasteiger partial charge in [0.05, 0.1) is 10.0 Å². The summed E-state index contributed by atoms with van der Waals surface area (Å²) in [5.41, 5.74) is 15.7. The summed E-state index contributed by atoms with van der Waals surface area (Å²) in [5.74, 6) is 0. The molecular formula is C44H34B2Cl2. The third-order valence-corrected chi connectivity index (χ3v) is 11.8. The van der Waals surface area contributed by atoms with E-state index in [0.29, 0.717) is 10.0 Å². The van der Waals surface area contributed by atoms with Gasteiger partial charge in [-0.05, 0) is 103 Å². The van der Waals surface area contributed by atoms with E-state index < -0.39 is 0 Å². The zero-order valence-electron chi connectivity index (χ0n) is 28.1. The van der Waals surface area contributed by atoms with E-state index in [0.717, 1.165) is 0 Å². The van der Waals surface area contributed by atoms with Gasteiger partial charge in [0.25, 0.3) is 0 Å². The minimum absolute atomic E-state index is 0.00984. The van der Waals surface area contributed by atoms with Crippen molar-refractivity contribution in [3.63, 3.8) is 0 Å². The zero-order valence-corrected chi connectivity index (χ0v) is 29.7. The first-order valence-corrected chi connectivity index (χ1v) is 17.6. The fourth-order valence-corrected chi connectivity index (χ4v) is 9.80. The third-order valence-electron chi connectivity index (χ3n) is 11.1. The van der Waals surface area contributed by atoms with Crippen molar-refractivity contribution in [3.05, 3.63) is 140 Å². The standard InChI is InChI=1S/C44H34B2Cl2/c1-23-14-25(3)43(26(4)15-23)45-35-19-32-18-31-11-10-29-8-7-9-30-12-13-33(42(31)41(29)30)34(32)20-36(35)46(38-22-40(48)39(47)21-37(38)45)44-27(5)16-24(2)17-28(44)6/h7-22H,1-6H3. The smallest absolute Gasteiger partial charge is 0.0827 e. The Balaban J connectivity index is 1.47. The van der Waals surface area contributed by atoms with Gasteiger partial charge in [-0.1, -0.05) is 168 Å². The van der Waals surface area contributed by atoms with Gasteiger partial charge >= 0.3 is 0 Å². The van der Waals surface area contributed by atoms with E-state index in [2.05, 4.69) is 139 Å². The summed E-state index contributed by atoms with van der Waals surface area (Å²) >= 11 is 13.9. The van der Waals surface area contributed by atoms with Gasteiger partial charge in [0.1, 0.15) is 0 Å². The van der Waals surface area contributed by atoms with Gasteiger partial charge in [0.2, 0.25) is 13.4 Å². The molecule has 0 saturated carbocycles. The average Bonchev–Trinajstić information content (AvgIpc) is 3.03. The van der Waals surface area contributed by atoms with Crippen LogP contribution in [0.25, 0.3) is 43.1 Å². The summed E-state index contributed by atoms with van der Waals surface area (Å²) in [6, 6.07) is 36.9. The molecule has 0 saturated heterocycles. The van der Waals surface area contributed by atoms with Crippen molar-refractivity contribution in [2.75, 3.05) is 0 Å². The molecule has 0 fully saturated rings. The molecule has 1 heterocycles. The Labute approximate surface area is 293 Å². The molecule has 0 N–H and O–H groups in total. The molecule has 0 atom stereocenters. The van der Waals surface area contributed by atoms with Crippen LogP contribution in [-0.2, 0) is 0 Å². The van der Waals surface area contributed by atoms with Crippen LogP contribution in [-0.4, -0.2) is 13.4 Å². The van der Waals surface area contributed by atoms with Gasteiger partial charge in [-0.3, -0.25) is 0 Å². The second kappa shape index (κ2) is 10.6. The van der Waals surface area contributed by atoms with E-state index in [4.69, 9.17) is 23.2 Å². The van der Waals surface area contributed by atoms with Crippen LogP contribution in [0.5, 0.6) is 0 Å². The van der Waals surface area contributed by atoms with Crippen LogP contribution in [0.15, 0.2) is 97.1 Å². The van der Waals surface area contributed by atoms with Gasteiger partial charge in [-0.25, -0.2) is 0 Å². The van der Waals surface area contributed by atoms with Crippen LogP contribution in [0.3, 0.4) is 0 Å². The highest BCUT2D eigenvalue weighted by Crippen LogP contribution is 2.38. The molecule has 8 aromatic rings. The van der Waals surface area contributed by atoms with Crippen LogP contribution in [0.1, 0.15) is 33.4 Å². The molecule has 0 aliphatic carbocycles. The molecule has 0 radical (unpaired) electrons. The summed E-state index contributed by atoms with van der Waals surface area (Å²) in [5, 5.41) is 11.7. The van der Waals surface area contributed by atoms with E-state index in [1.807, 2.05) is 0 Å². The molecule has 0 amide bonds. The van der Waals surface area contributed by atoms with E-state index in [9.17, 15) is 0 Å². The minimum Gasteiger partial charge on any atom is -0.0827 e. The van der Waals surface area contributed by atoms with E-state index >= 15 is 0 Å². The molecule has 230 valence electrons. The van der Waals surface area contributed by atoms with Crippen LogP contribution in [0.2, 0.25) is 10.0 Å². The van der Waals surface area contributed by atoms with Gasteiger partial charge < -0.3 is 0 Å². The van der Waals surface area contributed by atoms with Gasteiger partial charge in [0, 0.05) is 0 Å². The van der Waals surface area contributed by atoms with Gasteiger partial charge in [-0.2, -0.15) is 0 Å². The number of aryl methyl sites for hydroxylation is 6. The van der Waals surface area contributed by atoms with Crippen LogP contribution >= 0.6 is 23.2 Å². The molecule has 0 nitrogen and oxygen atoms in total. The predicted molar refractivity (Wildman–Crippen MR) is 215 cm³/mol. The second-order valence-corrected chi connectivity index (χ2v) is 15.1. The molecule has 0 bridgehead atoms. The quantitative estimate of drug-likeness (QED) is 0.100. The summed E-state index contributed by atoms with van der Waals surface area (Å²) in [4.78, 5) is 0. The topological polar surface area (TPSA) is 0 Å². The van der Waals surface area contributed by atoms with Crippen molar-refractivity contribution in [3.8, 4) is 0 Å². The lowest BCUT2D eigenvalue weighted by Crippen LogP contribution is -2.76. The fourth-order valence-electron chi connectivity index (χ4n) is 9.45. The summed E-state index contributed by atoms with van der Waals surface area (Å²) in [6.45, 7) is 13.5. The van der Waals surface area contributed by atoms with Crippen LogP contribution in [0.4, 0.5) is 0 Å². The Morgan fingerprint density at radius 2 is 0.854 bits per heavy atom. The predicted octanol–water partition coefficient (Wildman–Crippen LogP) is 8.24. The highest BCUT2D eigenvalue weighted by atomic mass is 35.5. The maximum absolute atomic E-state index is 6.94. The molecule has 48 heavy (non-hydrogen) atoms. The first-order chi connectivity index (χ1) is 23.1. The molecule has 8 aromatic carbocycles. The number of rotatable bonds is 2. The number of hydrogen-bond acceptors (Lipinski definition) is 0. The number of benzene rings is 8. The molecule has 0 spiro atoms. The molecule has 4 heteroatoms. The van der Waals surface area contributed by atoms with Crippen molar-refractivity contribution in [2.24, 2.45) is 0 Å². The van der Waals surface area contributed by atoms with Crippen molar-refractivity contribution >= 4 is 112 Å². The highest BCUT2D eigenvalue weighted by Gasteiger charge is 2.41. The van der Waals surface area contributed by atoms with E-state index in [1.165, 1.54) is 109 Å². The number of hydrogen-bond donors (Lipinski definition) is 0. The van der Waals surface area contributed by atoms with Gasteiger partial charge in [-0.15, -0.1) is 0 Å². The fraction of sp³-hybridized carbons (Fsp3) is 0.136. The minimum atomic E-state index is 0.00984. The Kier molecular flexibility index (Phi) is 6.62. The SMILES string of the molecule is Cc1cc(C)c(B2c3cc(Cl)c(Cl)cc3B(c3c(C)cc(C)cc3C)c3cc4c(cc32)cc2ccc3cccc5ccc4c2c35)c(C)c1. The van der Waals surface area contributed by atoms with E-state index in [1.54, 1.807) is 0 Å².